The van der Waals surface area contributed by atoms with Gasteiger partial charge in [0, 0.05) is 23.3 Å². The van der Waals surface area contributed by atoms with Gasteiger partial charge < -0.3 is 19.9 Å². The van der Waals surface area contributed by atoms with E-state index in [1.807, 2.05) is 60.8 Å². The van der Waals surface area contributed by atoms with Crippen molar-refractivity contribution in [3.8, 4) is 0 Å². The number of aliphatic imine (C=N–C) groups is 1. The Hall–Kier alpha value is -3.82. The zero-order chi connectivity index (χ0) is 25.1. The number of likely N-dealkylation sites (N-methyl/N-ethyl adjacent to an activating group) is 2. The van der Waals surface area contributed by atoms with Crippen LogP contribution in [0.2, 0.25) is 0 Å². The highest BCUT2D eigenvalue weighted by Crippen LogP contribution is 2.38. The van der Waals surface area contributed by atoms with Crippen LogP contribution < -0.4 is 10.2 Å². The molecule has 9 heteroatoms. The summed E-state index contributed by atoms with van der Waals surface area (Å²) in [5.74, 6) is -1.32. The number of fused-ring (bicyclic) bond motifs is 1. The number of rotatable bonds is 7. The lowest BCUT2D eigenvalue weighted by molar-refractivity contribution is -0.119. The molecule has 1 aliphatic rings. The first-order chi connectivity index (χ1) is 16.8. The van der Waals surface area contributed by atoms with Crippen LogP contribution in [0.5, 0.6) is 0 Å². The Bertz CT molecular complexity index is 1280. The Morgan fingerprint density at radius 2 is 1.83 bits per heavy atom. The maximum Gasteiger partial charge on any atom is 0.337 e. The lowest BCUT2D eigenvalue weighted by Crippen LogP contribution is -2.34. The van der Waals surface area contributed by atoms with Gasteiger partial charge in [0.05, 0.1) is 30.6 Å². The van der Waals surface area contributed by atoms with Gasteiger partial charge in [-0.1, -0.05) is 12.1 Å². The van der Waals surface area contributed by atoms with Gasteiger partial charge in [-0.2, -0.15) is 0 Å². The molecule has 3 aromatic rings. The van der Waals surface area contributed by atoms with E-state index in [1.165, 1.54) is 18.4 Å². The summed E-state index contributed by atoms with van der Waals surface area (Å²) in [4.78, 5) is 46.5. The van der Waals surface area contributed by atoms with Gasteiger partial charge in [0.15, 0.2) is 0 Å². The number of thiophene rings is 1. The summed E-state index contributed by atoms with van der Waals surface area (Å²) in [6.45, 7) is 0.312. The minimum Gasteiger partial charge on any atom is -0.465 e. The fraction of sp³-hybridized carbons (Fsp3) is 0.231. The molecule has 0 saturated carbocycles. The molecule has 4 rings (SSSR count). The largest absolute Gasteiger partial charge is 0.465 e. The average molecular weight is 491 g/mol. The number of nitrogens with one attached hydrogen (secondary N) is 1. The summed E-state index contributed by atoms with van der Waals surface area (Å²) in [6, 6.07) is 16.2. The fourth-order valence-electron chi connectivity index (χ4n) is 3.88. The van der Waals surface area contributed by atoms with Crippen LogP contribution in [-0.2, 0) is 14.3 Å². The van der Waals surface area contributed by atoms with Crippen LogP contribution in [0, 0.1) is 0 Å². The van der Waals surface area contributed by atoms with Crippen molar-refractivity contribution in [2.75, 3.05) is 45.0 Å². The topological polar surface area (TPSA) is 91.3 Å². The van der Waals surface area contributed by atoms with E-state index in [4.69, 9.17) is 9.73 Å². The molecule has 1 aromatic heterocycles. The van der Waals surface area contributed by atoms with Gasteiger partial charge in [-0.05, 0) is 67.5 Å². The van der Waals surface area contributed by atoms with Gasteiger partial charge in [-0.25, -0.2) is 4.79 Å². The molecule has 35 heavy (non-hydrogen) atoms. The summed E-state index contributed by atoms with van der Waals surface area (Å²) in [5, 5.41) is 4.81. The van der Waals surface area contributed by atoms with Gasteiger partial charge in [-0.15, -0.1) is 11.3 Å². The van der Waals surface area contributed by atoms with E-state index in [0.717, 1.165) is 16.1 Å². The third-order valence-electron chi connectivity index (χ3n) is 5.66. The summed E-state index contributed by atoms with van der Waals surface area (Å²) in [5.41, 5.74) is 3.73. The number of amides is 2. The number of ether oxygens (including phenoxy) is 1. The second-order valence-corrected chi connectivity index (χ2v) is 9.34. The van der Waals surface area contributed by atoms with Crippen molar-refractivity contribution >= 4 is 51.9 Å². The Morgan fingerprint density at radius 1 is 1.09 bits per heavy atom. The zero-order valence-electron chi connectivity index (χ0n) is 19.9. The Morgan fingerprint density at radius 3 is 2.46 bits per heavy atom. The number of carbonyl (C=O) groups is 3. The molecule has 180 valence electrons. The molecule has 0 radical (unpaired) electrons. The molecule has 0 saturated heterocycles. The first kappa shape index (κ1) is 24.3. The highest BCUT2D eigenvalue weighted by Gasteiger charge is 2.36. The van der Waals surface area contributed by atoms with E-state index in [1.54, 1.807) is 30.1 Å². The smallest absolute Gasteiger partial charge is 0.337 e. The monoisotopic (exact) mass is 490 g/mol. The highest BCUT2D eigenvalue weighted by molar-refractivity contribution is 7.12. The lowest BCUT2D eigenvalue weighted by Gasteiger charge is -2.20. The van der Waals surface area contributed by atoms with E-state index in [9.17, 15) is 14.4 Å². The normalized spacial score (nSPS) is 15.1. The van der Waals surface area contributed by atoms with Crippen LogP contribution in [0.1, 0.15) is 26.7 Å². The van der Waals surface area contributed by atoms with E-state index in [-0.39, 0.29) is 11.8 Å². The van der Waals surface area contributed by atoms with E-state index in [0.29, 0.717) is 29.2 Å². The first-order valence-electron chi connectivity index (χ1n) is 11.0. The SMILES string of the molecule is COC(=O)c1ccc2c(c1)NC(=O)C2C(=Nc1ccc(N(C)C(=O)CN(C)C)cc1)c1cccs1. The summed E-state index contributed by atoms with van der Waals surface area (Å²) < 4.78 is 4.79. The van der Waals surface area contributed by atoms with Crippen LogP contribution in [0.3, 0.4) is 0 Å². The summed E-state index contributed by atoms with van der Waals surface area (Å²) in [7, 11) is 6.76. The van der Waals surface area contributed by atoms with Gasteiger partial charge in [-0.3, -0.25) is 14.6 Å². The number of anilines is 2. The maximum absolute atomic E-state index is 13.1. The van der Waals surface area contributed by atoms with Crippen molar-refractivity contribution in [2.24, 2.45) is 4.99 Å². The third kappa shape index (κ3) is 5.16. The number of esters is 1. The Kier molecular flexibility index (Phi) is 7.09. The number of nitrogens with zero attached hydrogens (tertiary/aromatic N) is 3. The van der Waals surface area contributed by atoms with Crippen LogP contribution in [0.15, 0.2) is 65.0 Å². The Balaban J connectivity index is 1.68. The second-order valence-electron chi connectivity index (χ2n) is 8.40. The van der Waals surface area contributed by atoms with Crippen molar-refractivity contribution in [1.82, 2.24) is 4.90 Å². The van der Waals surface area contributed by atoms with E-state index in [2.05, 4.69) is 5.32 Å². The number of methoxy groups -OCH3 is 1. The van der Waals surface area contributed by atoms with Crippen LogP contribution in [0.25, 0.3) is 0 Å². The van der Waals surface area contributed by atoms with Crippen LogP contribution in [0.4, 0.5) is 17.1 Å². The minimum absolute atomic E-state index is 0.0175. The summed E-state index contributed by atoms with van der Waals surface area (Å²) in [6.07, 6.45) is 0. The zero-order valence-corrected chi connectivity index (χ0v) is 20.8. The standard InChI is InChI=1S/C26H26N4O4S/c1-29(2)15-22(31)30(3)18-10-8-17(9-11-18)27-24(21-6-5-13-35-21)23-19-12-7-16(26(33)34-4)14-20(19)28-25(23)32/h5-14,23H,15H2,1-4H3,(H,28,32). The second kappa shape index (κ2) is 10.2. The molecule has 1 N–H and O–H groups in total. The number of benzene rings is 2. The highest BCUT2D eigenvalue weighted by atomic mass is 32.1. The molecular weight excluding hydrogens is 464 g/mol. The lowest BCUT2D eigenvalue weighted by atomic mass is 9.93. The summed E-state index contributed by atoms with van der Waals surface area (Å²) >= 11 is 1.50. The number of hydrogen-bond donors (Lipinski definition) is 1. The molecule has 0 bridgehead atoms. The van der Waals surface area contributed by atoms with Gasteiger partial charge in [0.25, 0.3) is 0 Å². The molecule has 0 fully saturated rings. The molecular formula is C26H26N4O4S. The van der Waals surface area contributed by atoms with Crippen LogP contribution in [-0.4, -0.2) is 63.2 Å². The third-order valence-corrected chi connectivity index (χ3v) is 6.56. The van der Waals surface area contributed by atoms with Crippen molar-refractivity contribution in [1.29, 1.82) is 0 Å². The molecule has 0 spiro atoms. The number of carbonyl (C=O) groups excluding carboxylic acids is 3. The van der Waals surface area contributed by atoms with Crippen molar-refractivity contribution in [2.45, 2.75) is 5.92 Å². The van der Waals surface area contributed by atoms with Crippen LogP contribution >= 0.6 is 11.3 Å². The molecule has 1 atom stereocenters. The predicted molar refractivity (Wildman–Crippen MR) is 138 cm³/mol. The molecule has 1 unspecified atom stereocenters. The van der Waals surface area contributed by atoms with Crippen molar-refractivity contribution in [3.05, 3.63) is 76.0 Å². The van der Waals surface area contributed by atoms with E-state index >= 15 is 0 Å². The molecule has 2 aromatic carbocycles. The van der Waals surface area contributed by atoms with Crippen molar-refractivity contribution < 1.29 is 19.1 Å². The maximum atomic E-state index is 13.1. The van der Waals surface area contributed by atoms with E-state index < -0.39 is 11.9 Å². The Labute approximate surface area is 207 Å². The minimum atomic E-state index is -0.626. The molecule has 2 heterocycles. The molecule has 2 amide bonds. The quantitative estimate of drug-likeness (QED) is 0.401. The molecule has 0 aliphatic carbocycles. The van der Waals surface area contributed by atoms with Crippen molar-refractivity contribution in [3.63, 3.8) is 0 Å². The average Bonchev–Trinajstić information content (AvgIpc) is 3.48. The van der Waals surface area contributed by atoms with Gasteiger partial charge >= 0.3 is 5.97 Å². The van der Waals surface area contributed by atoms with Gasteiger partial charge in [0.1, 0.15) is 5.92 Å². The predicted octanol–water partition coefficient (Wildman–Crippen LogP) is 3.92. The molecule has 8 nitrogen and oxygen atoms in total. The van der Waals surface area contributed by atoms with Gasteiger partial charge in [0.2, 0.25) is 11.8 Å². The fourth-order valence-corrected chi connectivity index (χ4v) is 4.62. The number of hydrogen-bond acceptors (Lipinski definition) is 7. The molecule has 1 aliphatic heterocycles. The first-order valence-corrected chi connectivity index (χ1v) is 11.8.